The SMILES string of the molecule is COCCN1CCN(c2ccc(F)cc2C#N)CC1. The van der Waals surface area contributed by atoms with E-state index in [0.717, 1.165) is 45.0 Å². The molecule has 0 amide bonds. The van der Waals surface area contributed by atoms with E-state index in [1.165, 1.54) is 12.1 Å². The summed E-state index contributed by atoms with van der Waals surface area (Å²) in [5, 5.41) is 9.07. The van der Waals surface area contributed by atoms with Crippen LogP contribution in [0.25, 0.3) is 0 Å². The predicted molar refractivity (Wildman–Crippen MR) is 71.6 cm³/mol. The molecule has 0 saturated carbocycles. The van der Waals surface area contributed by atoms with Crippen LogP contribution in [0.4, 0.5) is 10.1 Å². The topological polar surface area (TPSA) is 39.5 Å². The largest absolute Gasteiger partial charge is 0.383 e. The lowest BCUT2D eigenvalue weighted by Gasteiger charge is -2.36. The Labute approximate surface area is 113 Å². The lowest BCUT2D eigenvalue weighted by Crippen LogP contribution is -2.47. The third kappa shape index (κ3) is 3.43. The van der Waals surface area contributed by atoms with E-state index in [-0.39, 0.29) is 5.82 Å². The van der Waals surface area contributed by atoms with Gasteiger partial charge in [-0.1, -0.05) is 0 Å². The normalized spacial score (nSPS) is 16.4. The van der Waals surface area contributed by atoms with Crippen molar-refractivity contribution in [1.29, 1.82) is 5.26 Å². The molecule has 1 saturated heterocycles. The number of rotatable bonds is 4. The van der Waals surface area contributed by atoms with Gasteiger partial charge in [-0.3, -0.25) is 4.90 Å². The Balaban J connectivity index is 2.00. The van der Waals surface area contributed by atoms with Crippen molar-refractivity contribution in [3.63, 3.8) is 0 Å². The Morgan fingerprint density at radius 2 is 2.05 bits per heavy atom. The van der Waals surface area contributed by atoms with Crippen LogP contribution in [0.2, 0.25) is 0 Å². The van der Waals surface area contributed by atoms with Crippen molar-refractivity contribution in [3.8, 4) is 6.07 Å². The minimum Gasteiger partial charge on any atom is -0.383 e. The summed E-state index contributed by atoms with van der Waals surface area (Å²) in [6.45, 7) is 5.24. The molecule has 102 valence electrons. The molecule has 5 heteroatoms. The molecule has 19 heavy (non-hydrogen) atoms. The molecule has 0 radical (unpaired) electrons. The Hall–Kier alpha value is -1.64. The van der Waals surface area contributed by atoms with E-state index in [0.29, 0.717) is 5.56 Å². The summed E-state index contributed by atoms with van der Waals surface area (Å²) in [5.74, 6) is -0.362. The van der Waals surface area contributed by atoms with Crippen LogP contribution in [-0.2, 0) is 4.74 Å². The van der Waals surface area contributed by atoms with E-state index < -0.39 is 0 Å². The maximum atomic E-state index is 13.1. The molecule has 0 unspecified atom stereocenters. The van der Waals surface area contributed by atoms with Crippen LogP contribution < -0.4 is 4.90 Å². The van der Waals surface area contributed by atoms with Gasteiger partial charge in [0, 0.05) is 39.8 Å². The highest BCUT2D eigenvalue weighted by atomic mass is 19.1. The monoisotopic (exact) mass is 263 g/mol. The molecule has 0 N–H and O–H groups in total. The number of anilines is 1. The Morgan fingerprint density at radius 3 is 2.68 bits per heavy atom. The first-order valence-corrected chi connectivity index (χ1v) is 6.40. The fourth-order valence-electron chi connectivity index (χ4n) is 2.31. The number of halogens is 1. The molecule has 0 spiro atoms. The second-order valence-corrected chi connectivity index (χ2v) is 4.59. The van der Waals surface area contributed by atoms with E-state index in [1.54, 1.807) is 13.2 Å². The lowest BCUT2D eigenvalue weighted by atomic mass is 10.1. The molecular weight excluding hydrogens is 245 g/mol. The van der Waals surface area contributed by atoms with Crippen molar-refractivity contribution >= 4 is 5.69 Å². The average molecular weight is 263 g/mol. The quantitative estimate of drug-likeness (QED) is 0.824. The van der Waals surface area contributed by atoms with Crippen LogP contribution in [0.5, 0.6) is 0 Å². The number of nitrogens with zero attached hydrogens (tertiary/aromatic N) is 3. The van der Waals surface area contributed by atoms with Crippen LogP contribution in [-0.4, -0.2) is 51.3 Å². The fraction of sp³-hybridized carbons (Fsp3) is 0.500. The van der Waals surface area contributed by atoms with Crippen molar-refractivity contribution in [2.45, 2.75) is 0 Å². The average Bonchev–Trinajstić information content (AvgIpc) is 2.45. The highest BCUT2D eigenvalue weighted by molar-refractivity contribution is 5.59. The van der Waals surface area contributed by atoms with Gasteiger partial charge in [-0.05, 0) is 18.2 Å². The molecular formula is C14H18FN3O. The minimum atomic E-state index is -0.362. The zero-order valence-corrected chi connectivity index (χ0v) is 11.1. The first-order chi connectivity index (χ1) is 9.24. The molecule has 0 aromatic heterocycles. The number of nitriles is 1. The Morgan fingerprint density at radius 1 is 1.32 bits per heavy atom. The summed E-state index contributed by atoms with van der Waals surface area (Å²) < 4.78 is 18.2. The molecule has 0 aliphatic carbocycles. The predicted octanol–water partition coefficient (Wildman–Crippen LogP) is 1.47. The number of piperazine rings is 1. The summed E-state index contributed by atoms with van der Waals surface area (Å²) >= 11 is 0. The zero-order chi connectivity index (χ0) is 13.7. The van der Waals surface area contributed by atoms with Gasteiger partial charge in [0.05, 0.1) is 17.9 Å². The number of ether oxygens (including phenoxy) is 1. The standard InChI is InChI=1S/C14H18FN3O/c1-19-9-8-17-4-6-18(7-5-17)14-3-2-13(15)10-12(14)11-16/h2-3,10H,4-9H2,1H3. The summed E-state index contributed by atoms with van der Waals surface area (Å²) in [7, 11) is 1.70. The van der Waals surface area contributed by atoms with Gasteiger partial charge < -0.3 is 9.64 Å². The van der Waals surface area contributed by atoms with Gasteiger partial charge in [-0.2, -0.15) is 5.26 Å². The third-order valence-electron chi connectivity index (χ3n) is 3.40. The zero-order valence-electron chi connectivity index (χ0n) is 11.1. The summed E-state index contributed by atoms with van der Waals surface area (Å²) in [6, 6.07) is 6.47. The highest BCUT2D eigenvalue weighted by Gasteiger charge is 2.19. The summed E-state index contributed by atoms with van der Waals surface area (Å²) in [5.41, 5.74) is 1.24. The molecule has 1 heterocycles. The second kappa shape index (κ2) is 6.50. The molecule has 4 nitrogen and oxygen atoms in total. The van der Waals surface area contributed by atoms with E-state index in [9.17, 15) is 4.39 Å². The summed E-state index contributed by atoms with van der Waals surface area (Å²) in [6.07, 6.45) is 0. The number of hydrogen-bond acceptors (Lipinski definition) is 4. The van der Waals surface area contributed by atoms with E-state index >= 15 is 0 Å². The molecule has 1 aromatic rings. The van der Waals surface area contributed by atoms with Crippen molar-refractivity contribution in [2.24, 2.45) is 0 Å². The Kier molecular flexibility index (Phi) is 4.72. The molecule has 1 fully saturated rings. The molecule has 2 rings (SSSR count). The van der Waals surface area contributed by atoms with Gasteiger partial charge in [0.15, 0.2) is 0 Å². The molecule has 1 aliphatic rings. The first kappa shape index (κ1) is 13.8. The Bertz CT molecular complexity index is 464. The van der Waals surface area contributed by atoms with Crippen molar-refractivity contribution < 1.29 is 9.13 Å². The fourth-order valence-corrected chi connectivity index (χ4v) is 2.31. The number of hydrogen-bond donors (Lipinski definition) is 0. The smallest absolute Gasteiger partial charge is 0.124 e. The molecule has 0 atom stereocenters. The third-order valence-corrected chi connectivity index (χ3v) is 3.40. The van der Waals surface area contributed by atoms with E-state index in [4.69, 9.17) is 10.00 Å². The first-order valence-electron chi connectivity index (χ1n) is 6.40. The van der Waals surface area contributed by atoms with Gasteiger partial charge in [0.1, 0.15) is 11.9 Å². The van der Waals surface area contributed by atoms with Crippen LogP contribution in [0.1, 0.15) is 5.56 Å². The van der Waals surface area contributed by atoms with Gasteiger partial charge in [-0.15, -0.1) is 0 Å². The second-order valence-electron chi connectivity index (χ2n) is 4.59. The van der Waals surface area contributed by atoms with E-state index in [1.807, 2.05) is 0 Å². The number of methoxy groups -OCH3 is 1. The molecule has 1 aliphatic heterocycles. The highest BCUT2D eigenvalue weighted by Crippen LogP contribution is 2.22. The van der Waals surface area contributed by atoms with Gasteiger partial charge >= 0.3 is 0 Å². The van der Waals surface area contributed by atoms with Crippen molar-refractivity contribution in [2.75, 3.05) is 51.3 Å². The molecule has 1 aromatic carbocycles. The maximum absolute atomic E-state index is 13.1. The van der Waals surface area contributed by atoms with Crippen LogP contribution >= 0.6 is 0 Å². The minimum absolute atomic E-state index is 0.362. The van der Waals surface area contributed by atoms with Gasteiger partial charge in [0.2, 0.25) is 0 Å². The van der Waals surface area contributed by atoms with Crippen LogP contribution in [0.15, 0.2) is 18.2 Å². The van der Waals surface area contributed by atoms with Gasteiger partial charge in [0.25, 0.3) is 0 Å². The lowest BCUT2D eigenvalue weighted by molar-refractivity contribution is 0.144. The van der Waals surface area contributed by atoms with E-state index in [2.05, 4.69) is 15.9 Å². The van der Waals surface area contributed by atoms with Gasteiger partial charge in [-0.25, -0.2) is 4.39 Å². The van der Waals surface area contributed by atoms with Crippen LogP contribution in [0, 0.1) is 17.1 Å². The van der Waals surface area contributed by atoms with Crippen molar-refractivity contribution in [1.82, 2.24) is 4.90 Å². The maximum Gasteiger partial charge on any atom is 0.124 e. The van der Waals surface area contributed by atoms with Crippen molar-refractivity contribution in [3.05, 3.63) is 29.6 Å². The summed E-state index contributed by atoms with van der Waals surface area (Å²) in [4.78, 5) is 4.47. The molecule has 0 bridgehead atoms. The van der Waals surface area contributed by atoms with Crippen LogP contribution in [0.3, 0.4) is 0 Å². The number of benzene rings is 1.